The summed E-state index contributed by atoms with van der Waals surface area (Å²) in [4.78, 5) is 36.8. The average molecular weight is 461 g/mol. The van der Waals surface area contributed by atoms with Crippen LogP contribution in [0.15, 0.2) is 78.9 Å². The Morgan fingerprint density at radius 3 is 2.03 bits per heavy atom. The van der Waals surface area contributed by atoms with Crippen LogP contribution in [0, 0.1) is 0 Å². The fraction of sp³-hybridized carbons (Fsp3) is 0.160. The predicted molar refractivity (Wildman–Crippen MR) is 128 cm³/mol. The van der Waals surface area contributed by atoms with E-state index in [0.717, 1.165) is 22.3 Å². The van der Waals surface area contributed by atoms with Gasteiger partial charge < -0.3 is 20.5 Å². The highest BCUT2D eigenvalue weighted by atomic mass is 31.0. The Bertz CT molecular complexity index is 1120. The summed E-state index contributed by atoms with van der Waals surface area (Å²) in [5, 5.41) is 7.54. The van der Waals surface area contributed by atoms with Crippen LogP contribution in [-0.2, 0) is 14.3 Å². The summed E-state index contributed by atoms with van der Waals surface area (Å²) in [6, 6.07) is 24.1. The molecule has 1 aliphatic rings. The van der Waals surface area contributed by atoms with Crippen LogP contribution in [0.2, 0.25) is 0 Å². The molecule has 0 saturated carbocycles. The van der Waals surface area contributed by atoms with Crippen molar-refractivity contribution in [2.45, 2.75) is 12.0 Å². The zero-order valence-corrected chi connectivity index (χ0v) is 18.9. The second kappa shape index (κ2) is 10.3. The zero-order chi connectivity index (χ0) is 23.2. The van der Waals surface area contributed by atoms with Gasteiger partial charge in [-0.3, -0.25) is 9.59 Å². The number of fused-ring (bicyclic) bond motifs is 3. The van der Waals surface area contributed by atoms with Gasteiger partial charge in [0.25, 0.3) is 0 Å². The van der Waals surface area contributed by atoms with Gasteiger partial charge in [-0.2, -0.15) is 0 Å². The van der Waals surface area contributed by atoms with E-state index in [1.807, 2.05) is 42.5 Å². The molecule has 8 heteroatoms. The summed E-state index contributed by atoms with van der Waals surface area (Å²) in [7, 11) is 2.12. The van der Waals surface area contributed by atoms with E-state index in [1.165, 1.54) is 0 Å². The predicted octanol–water partition coefficient (Wildman–Crippen LogP) is 3.29. The van der Waals surface area contributed by atoms with Crippen LogP contribution < -0.4 is 15.7 Å². The van der Waals surface area contributed by atoms with Crippen LogP contribution in [0.4, 0.5) is 4.79 Å². The molecule has 4 rings (SSSR count). The van der Waals surface area contributed by atoms with Gasteiger partial charge in [-0.1, -0.05) is 78.9 Å². The standard InChI is InChI=1S/C25H24N3O4P/c29-22(27-23(24(30)28-33)16-8-2-1-3-9-16)14-26-25(31)32-15-21-19-12-6-4-10-17(19)18-11-5-7-13-20(18)21/h1-13,21,23H,14-15,33H2,(H,26,31)(H,27,29)(H,28,30)/t23-/m0/s1. The molecule has 3 N–H and O–H groups in total. The third kappa shape index (κ3) is 5.04. The van der Waals surface area contributed by atoms with Crippen molar-refractivity contribution in [2.75, 3.05) is 13.2 Å². The number of hydrogen-bond acceptors (Lipinski definition) is 4. The highest BCUT2D eigenvalue weighted by molar-refractivity contribution is 7.15. The average Bonchev–Trinajstić information content (AvgIpc) is 3.18. The Morgan fingerprint density at radius 2 is 1.42 bits per heavy atom. The molecule has 0 aliphatic heterocycles. The molecule has 1 unspecified atom stereocenters. The molecule has 1 aliphatic carbocycles. The minimum absolute atomic E-state index is 0.0646. The van der Waals surface area contributed by atoms with E-state index >= 15 is 0 Å². The van der Waals surface area contributed by atoms with Crippen molar-refractivity contribution in [1.29, 1.82) is 0 Å². The first-order valence-electron chi connectivity index (χ1n) is 10.5. The summed E-state index contributed by atoms with van der Waals surface area (Å²) in [6.45, 7) is -0.159. The summed E-state index contributed by atoms with van der Waals surface area (Å²) >= 11 is 0. The molecule has 0 aromatic heterocycles. The third-order valence-electron chi connectivity index (χ3n) is 5.58. The third-order valence-corrected chi connectivity index (χ3v) is 5.86. The Morgan fingerprint density at radius 1 is 0.848 bits per heavy atom. The van der Waals surface area contributed by atoms with Crippen LogP contribution in [0.5, 0.6) is 0 Å². The number of alkyl carbamates (subject to hydrolysis) is 1. The van der Waals surface area contributed by atoms with Crippen molar-refractivity contribution >= 4 is 27.3 Å². The van der Waals surface area contributed by atoms with Crippen molar-refractivity contribution in [3.8, 4) is 11.1 Å². The first-order valence-corrected chi connectivity index (χ1v) is 11.1. The fourth-order valence-electron chi connectivity index (χ4n) is 4.04. The molecule has 0 heterocycles. The summed E-state index contributed by atoms with van der Waals surface area (Å²) in [5.41, 5.74) is 5.13. The molecule has 0 saturated heterocycles. The minimum Gasteiger partial charge on any atom is -0.449 e. The number of nitrogens with one attached hydrogen (secondary N) is 3. The van der Waals surface area contributed by atoms with E-state index in [1.54, 1.807) is 24.3 Å². The first-order chi connectivity index (χ1) is 16.1. The number of carbonyl (C=O) groups is 3. The van der Waals surface area contributed by atoms with Gasteiger partial charge in [-0.05, 0) is 37.2 Å². The molecule has 3 aromatic rings. The molecule has 3 aromatic carbocycles. The maximum atomic E-state index is 12.4. The van der Waals surface area contributed by atoms with Crippen LogP contribution in [0.25, 0.3) is 11.1 Å². The van der Waals surface area contributed by atoms with Crippen LogP contribution in [-0.4, -0.2) is 31.1 Å². The SMILES string of the molecule is O=C(CNC(=O)OCC1c2ccccc2-c2ccccc21)N[C@H](C(=O)NP)c1ccccc1. The van der Waals surface area contributed by atoms with Crippen LogP contribution in [0.1, 0.15) is 28.7 Å². The number of ether oxygens (including phenoxy) is 1. The highest BCUT2D eigenvalue weighted by Gasteiger charge is 2.29. The molecule has 7 nitrogen and oxygen atoms in total. The lowest BCUT2D eigenvalue weighted by Gasteiger charge is -2.18. The molecular weight excluding hydrogens is 437 g/mol. The van der Waals surface area contributed by atoms with Crippen molar-refractivity contribution in [1.82, 2.24) is 15.7 Å². The van der Waals surface area contributed by atoms with E-state index in [0.29, 0.717) is 5.56 Å². The molecule has 168 valence electrons. The van der Waals surface area contributed by atoms with Gasteiger partial charge in [0.2, 0.25) is 11.8 Å². The van der Waals surface area contributed by atoms with Gasteiger partial charge in [0, 0.05) is 5.92 Å². The maximum Gasteiger partial charge on any atom is 0.407 e. The number of carbonyl (C=O) groups excluding carboxylic acids is 3. The monoisotopic (exact) mass is 461 g/mol. The Kier molecular flexibility index (Phi) is 7.01. The van der Waals surface area contributed by atoms with Crippen molar-refractivity contribution < 1.29 is 19.1 Å². The van der Waals surface area contributed by atoms with Gasteiger partial charge in [-0.25, -0.2) is 4.79 Å². The molecule has 0 radical (unpaired) electrons. The fourth-order valence-corrected chi connectivity index (χ4v) is 4.21. The highest BCUT2D eigenvalue weighted by Crippen LogP contribution is 2.44. The lowest BCUT2D eigenvalue weighted by atomic mass is 9.98. The van der Waals surface area contributed by atoms with Gasteiger partial charge in [0.15, 0.2) is 0 Å². The van der Waals surface area contributed by atoms with E-state index < -0.39 is 18.0 Å². The molecule has 0 spiro atoms. The molecular formula is C25H24N3O4P. The smallest absolute Gasteiger partial charge is 0.407 e. The van der Waals surface area contributed by atoms with Crippen LogP contribution >= 0.6 is 9.39 Å². The number of rotatable bonds is 7. The van der Waals surface area contributed by atoms with Gasteiger partial charge in [0.05, 0.1) is 0 Å². The summed E-state index contributed by atoms with van der Waals surface area (Å²) in [5.74, 6) is -0.961. The first kappa shape index (κ1) is 22.5. The summed E-state index contributed by atoms with van der Waals surface area (Å²) in [6.07, 6.45) is -0.696. The van der Waals surface area contributed by atoms with E-state index in [2.05, 4.69) is 37.2 Å². The topological polar surface area (TPSA) is 96.5 Å². The van der Waals surface area contributed by atoms with Crippen molar-refractivity contribution in [2.24, 2.45) is 0 Å². The second-order valence-corrected chi connectivity index (χ2v) is 7.89. The van der Waals surface area contributed by atoms with Crippen LogP contribution in [0.3, 0.4) is 0 Å². The number of hydrogen-bond donors (Lipinski definition) is 3. The number of amides is 3. The molecule has 0 fully saturated rings. The van der Waals surface area contributed by atoms with E-state index in [4.69, 9.17) is 4.74 Å². The Balaban J connectivity index is 1.33. The van der Waals surface area contributed by atoms with E-state index in [9.17, 15) is 14.4 Å². The quantitative estimate of drug-likeness (QED) is 0.471. The largest absolute Gasteiger partial charge is 0.449 e. The van der Waals surface area contributed by atoms with Gasteiger partial charge >= 0.3 is 6.09 Å². The van der Waals surface area contributed by atoms with Gasteiger partial charge in [-0.15, -0.1) is 0 Å². The Labute approximate surface area is 194 Å². The van der Waals surface area contributed by atoms with E-state index in [-0.39, 0.29) is 25.0 Å². The lowest BCUT2D eigenvalue weighted by Crippen LogP contribution is -2.43. The van der Waals surface area contributed by atoms with Crippen molar-refractivity contribution in [3.05, 3.63) is 95.6 Å². The Hall–Kier alpha value is -3.70. The maximum absolute atomic E-state index is 12.4. The molecule has 0 bridgehead atoms. The molecule has 2 atom stereocenters. The second-order valence-electron chi connectivity index (χ2n) is 7.60. The van der Waals surface area contributed by atoms with Crippen molar-refractivity contribution in [3.63, 3.8) is 0 Å². The van der Waals surface area contributed by atoms with Gasteiger partial charge in [0.1, 0.15) is 19.2 Å². The molecule has 33 heavy (non-hydrogen) atoms. The summed E-state index contributed by atoms with van der Waals surface area (Å²) < 4.78 is 5.44. The zero-order valence-electron chi connectivity index (χ0n) is 17.8. The number of benzene rings is 3. The molecule has 3 amide bonds. The normalized spacial score (nSPS) is 12.8. The minimum atomic E-state index is -0.875. The lowest BCUT2D eigenvalue weighted by molar-refractivity contribution is -0.127.